The molecule has 0 saturated heterocycles. The Labute approximate surface area is 189 Å². The van der Waals surface area contributed by atoms with Gasteiger partial charge in [-0.3, -0.25) is 0 Å². The van der Waals surface area contributed by atoms with Crippen LogP contribution in [0, 0.1) is 0 Å². The Morgan fingerprint density at radius 2 is 1.84 bits per heavy atom. The van der Waals surface area contributed by atoms with Crippen LogP contribution in [0.3, 0.4) is 0 Å². The molecule has 1 aliphatic rings. The number of hydrogen-bond acceptors (Lipinski definition) is 4. The van der Waals surface area contributed by atoms with Gasteiger partial charge in [-0.15, -0.1) is 0 Å². The van der Waals surface area contributed by atoms with E-state index in [1.54, 1.807) is 0 Å². The molecule has 1 aliphatic heterocycles. The molecule has 5 nitrogen and oxygen atoms in total. The SMILES string of the molecule is CCCCOc1ccccc1Nc1ccc2c(c1)C[C@@](Cc1ccccc1)(C(=O)O)N2C. The average Bonchev–Trinajstić information content (AvgIpc) is 3.08. The summed E-state index contributed by atoms with van der Waals surface area (Å²) in [6, 6.07) is 23.8. The Morgan fingerprint density at radius 3 is 2.59 bits per heavy atom. The van der Waals surface area contributed by atoms with Crippen molar-refractivity contribution in [1.82, 2.24) is 0 Å². The molecule has 0 saturated carbocycles. The zero-order valence-electron chi connectivity index (χ0n) is 18.7. The minimum atomic E-state index is -0.997. The third-order valence-electron chi connectivity index (χ3n) is 6.22. The van der Waals surface area contributed by atoms with Gasteiger partial charge >= 0.3 is 5.97 Å². The van der Waals surface area contributed by atoms with Crippen LogP contribution in [-0.4, -0.2) is 30.3 Å². The van der Waals surface area contributed by atoms with Crippen molar-refractivity contribution in [3.63, 3.8) is 0 Å². The highest BCUT2D eigenvalue weighted by Crippen LogP contribution is 2.42. The first-order valence-corrected chi connectivity index (χ1v) is 11.2. The van der Waals surface area contributed by atoms with Crippen LogP contribution in [0.15, 0.2) is 72.8 Å². The molecule has 1 heterocycles. The minimum Gasteiger partial charge on any atom is -0.491 e. The van der Waals surface area contributed by atoms with Gasteiger partial charge in [-0.25, -0.2) is 4.79 Å². The molecule has 0 spiro atoms. The summed E-state index contributed by atoms with van der Waals surface area (Å²) in [6.45, 7) is 2.83. The largest absolute Gasteiger partial charge is 0.491 e. The van der Waals surface area contributed by atoms with Gasteiger partial charge in [-0.1, -0.05) is 55.8 Å². The number of aliphatic carboxylic acids is 1. The Kier molecular flexibility index (Phi) is 6.35. The molecule has 0 fully saturated rings. The third-order valence-corrected chi connectivity index (χ3v) is 6.22. The van der Waals surface area contributed by atoms with E-state index in [1.807, 2.05) is 78.7 Å². The second kappa shape index (κ2) is 9.35. The normalized spacial score (nSPS) is 17.1. The van der Waals surface area contributed by atoms with Crippen LogP contribution in [-0.2, 0) is 17.6 Å². The molecule has 0 bridgehead atoms. The fourth-order valence-corrected chi connectivity index (χ4v) is 4.38. The van der Waals surface area contributed by atoms with Crippen LogP contribution < -0.4 is 15.0 Å². The van der Waals surface area contributed by atoms with E-state index in [1.165, 1.54) is 0 Å². The summed E-state index contributed by atoms with van der Waals surface area (Å²) < 4.78 is 5.94. The third kappa shape index (κ3) is 4.28. The van der Waals surface area contributed by atoms with Crippen molar-refractivity contribution in [3.05, 3.63) is 83.9 Å². The fourth-order valence-electron chi connectivity index (χ4n) is 4.38. The van der Waals surface area contributed by atoms with Crippen LogP contribution in [0.1, 0.15) is 30.9 Å². The fraction of sp³-hybridized carbons (Fsp3) is 0.296. The average molecular weight is 431 g/mol. The topological polar surface area (TPSA) is 61.8 Å². The lowest BCUT2D eigenvalue weighted by Crippen LogP contribution is -2.53. The maximum absolute atomic E-state index is 12.5. The van der Waals surface area contributed by atoms with E-state index in [0.717, 1.165) is 46.8 Å². The molecule has 2 N–H and O–H groups in total. The number of ether oxygens (including phenoxy) is 1. The van der Waals surface area contributed by atoms with Gasteiger partial charge in [-0.2, -0.15) is 0 Å². The predicted molar refractivity (Wildman–Crippen MR) is 129 cm³/mol. The maximum atomic E-state index is 12.5. The second-order valence-corrected chi connectivity index (χ2v) is 8.40. The number of para-hydroxylation sites is 2. The summed E-state index contributed by atoms with van der Waals surface area (Å²) in [4.78, 5) is 14.4. The molecule has 32 heavy (non-hydrogen) atoms. The Hall–Kier alpha value is -3.47. The van der Waals surface area contributed by atoms with Crippen LogP contribution in [0.25, 0.3) is 0 Å². The number of fused-ring (bicyclic) bond motifs is 1. The number of unbranched alkanes of at least 4 members (excludes halogenated alkanes) is 1. The lowest BCUT2D eigenvalue weighted by Gasteiger charge is -2.34. The quantitative estimate of drug-likeness (QED) is 0.429. The first kappa shape index (κ1) is 21.8. The highest BCUT2D eigenvalue weighted by molar-refractivity contribution is 5.88. The number of rotatable bonds is 9. The van der Waals surface area contributed by atoms with Crippen LogP contribution in [0.5, 0.6) is 5.75 Å². The molecule has 3 aromatic rings. The van der Waals surface area contributed by atoms with Gasteiger partial charge in [0.2, 0.25) is 0 Å². The number of nitrogens with one attached hydrogen (secondary N) is 1. The van der Waals surface area contributed by atoms with Gasteiger partial charge in [0, 0.05) is 31.3 Å². The van der Waals surface area contributed by atoms with Gasteiger partial charge in [-0.05, 0) is 47.9 Å². The number of benzene rings is 3. The van der Waals surface area contributed by atoms with E-state index in [2.05, 4.69) is 18.3 Å². The molecule has 5 heteroatoms. The van der Waals surface area contributed by atoms with E-state index in [9.17, 15) is 9.90 Å². The molecule has 0 amide bonds. The van der Waals surface area contributed by atoms with Gasteiger partial charge in [0.15, 0.2) is 0 Å². The molecule has 0 unspecified atom stereocenters. The molecular weight excluding hydrogens is 400 g/mol. The molecule has 4 rings (SSSR count). The standard InChI is InChI=1S/C27H30N2O3/c1-3-4-16-32-25-13-9-8-12-23(25)28-22-14-15-24-21(17-22)19-27(26(30)31,29(24)2)18-20-10-6-5-7-11-20/h5-15,17,28H,3-4,16,18-19H2,1-2H3,(H,30,31)/t27-/m0/s1. The first-order valence-electron chi connectivity index (χ1n) is 11.2. The summed E-state index contributed by atoms with van der Waals surface area (Å²) >= 11 is 0. The van der Waals surface area contributed by atoms with Crippen molar-refractivity contribution in [2.24, 2.45) is 0 Å². The van der Waals surface area contributed by atoms with Crippen LogP contribution >= 0.6 is 0 Å². The van der Waals surface area contributed by atoms with E-state index in [0.29, 0.717) is 19.4 Å². The summed E-state index contributed by atoms with van der Waals surface area (Å²) in [5.41, 5.74) is 3.84. The van der Waals surface area contributed by atoms with E-state index < -0.39 is 11.5 Å². The van der Waals surface area contributed by atoms with Crippen LogP contribution in [0.2, 0.25) is 0 Å². The van der Waals surface area contributed by atoms with Crippen molar-refractivity contribution < 1.29 is 14.6 Å². The lowest BCUT2D eigenvalue weighted by molar-refractivity contribution is -0.143. The number of anilines is 3. The van der Waals surface area contributed by atoms with Gasteiger partial charge in [0.05, 0.1) is 12.3 Å². The van der Waals surface area contributed by atoms with Crippen molar-refractivity contribution >= 4 is 23.0 Å². The molecule has 3 aromatic carbocycles. The van der Waals surface area contributed by atoms with Crippen molar-refractivity contribution in [3.8, 4) is 5.75 Å². The molecular formula is C27H30N2O3. The smallest absolute Gasteiger partial charge is 0.330 e. The molecule has 1 atom stereocenters. The van der Waals surface area contributed by atoms with Crippen molar-refractivity contribution in [2.45, 2.75) is 38.1 Å². The summed E-state index contributed by atoms with van der Waals surface area (Å²) in [5.74, 6) is 0.0201. The summed E-state index contributed by atoms with van der Waals surface area (Å²) in [7, 11) is 1.88. The van der Waals surface area contributed by atoms with Gasteiger partial charge in [0.1, 0.15) is 11.3 Å². The Morgan fingerprint density at radius 1 is 1.09 bits per heavy atom. The Balaban J connectivity index is 1.58. The molecule has 0 aromatic heterocycles. The number of nitrogens with zero attached hydrogens (tertiary/aromatic N) is 1. The molecule has 0 aliphatic carbocycles. The van der Waals surface area contributed by atoms with E-state index in [-0.39, 0.29) is 0 Å². The van der Waals surface area contributed by atoms with E-state index in [4.69, 9.17) is 4.74 Å². The zero-order valence-corrected chi connectivity index (χ0v) is 18.7. The summed E-state index contributed by atoms with van der Waals surface area (Å²) in [5, 5.41) is 13.7. The number of carboxylic acids is 1. The van der Waals surface area contributed by atoms with Crippen molar-refractivity contribution in [2.75, 3.05) is 23.9 Å². The Bertz CT molecular complexity index is 1080. The second-order valence-electron chi connectivity index (χ2n) is 8.40. The monoisotopic (exact) mass is 430 g/mol. The summed E-state index contributed by atoms with van der Waals surface area (Å²) in [6.07, 6.45) is 3.00. The predicted octanol–water partition coefficient (Wildman–Crippen LogP) is 5.67. The molecule has 166 valence electrons. The van der Waals surface area contributed by atoms with Gasteiger partial charge in [0.25, 0.3) is 0 Å². The highest BCUT2D eigenvalue weighted by Gasteiger charge is 2.48. The van der Waals surface area contributed by atoms with Crippen molar-refractivity contribution in [1.29, 1.82) is 0 Å². The zero-order chi connectivity index (χ0) is 22.6. The number of carbonyl (C=O) groups is 1. The lowest BCUT2D eigenvalue weighted by atomic mass is 9.87. The maximum Gasteiger partial charge on any atom is 0.330 e. The number of carboxylic acid groups (broad SMARTS) is 1. The molecule has 0 radical (unpaired) electrons. The first-order chi connectivity index (χ1) is 15.5. The number of likely N-dealkylation sites (N-methyl/N-ethyl adjacent to an activating group) is 1. The minimum absolute atomic E-state index is 0.450. The highest BCUT2D eigenvalue weighted by atomic mass is 16.5. The van der Waals surface area contributed by atoms with Gasteiger partial charge < -0.3 is 20.1 Å². The van der Waals surface area contributed by atoms with Crippen LogP contribution in [0.4, 0.5) is 17.1 Å². The number of hydrogen-bond donors (Lipinski definition) is 2. The van der Waals surface area contributed by atoms with E-state index >= 15 is 0 Å².